The van der Waals surface area contributed by atoms with Gasteiger partial charge in [0.2, 0.25) is 0 Å². The molecule has 0 aromatic carbocycles. The van der Waals surface area contributed by atoms with E-state index in [1.807, 2.05) is 0 Å². The third-order valence-electron chi connectivity index (χ3n) is 1.47. The van der Waals surface area contributed by atoms with Crippen molar-refractivity contribution in [2.75, 3.05) is 5.73 Å². The minimum Gasteiger partial charge on any atom is -0.446 e. The van der Waals surface area contributed by atoms with E-state index in [1.165, 1.54) is 0 Å². The summed E-state index contributed by atoms with van der Waals surface area (Å²) in [6.07, 6.45) is 3.08. The maximum atomic E-state index is 5.45. The number of hydrogen-bond donors (Lipinski definition) is 1. The highest BCUT2D eigenvalue weighted by Gasteiger charge is 2.04. The van der Waals surface area contributed by atoms with Crippen molar-refractivity contribution in [2.45, 2.75) is 0 Å². The van der Waals surface area contributed by atoms with Crippen molar-refractivity contribution in [1.29, 1.82) is 0 Å². The van der Waals surface area contributed by atoms with Crippen LogP contribution in [-0.2, 0) is 0 Å². The number of halogens is 1. The average molecular weight is 240 g/mol. The highest BCUT2D eigenvalue weighted by atomic mass is 79.9. The molecule has 66 valence electrons. The van der Waals surface area contributed by atoms with Crippen molar-refractivity contribution in [3.63, 3.8) is 0 Å². The van der Waals surface area contributed by atoms with Crippen LogP contribution in [0, 0.1) is 0 Å². The van der Waals surface area contributed by atoms with Crippen LogP contribution >= 0.6 is 15.9 Å². The molecule has 2 aromatic heterocycles. The number of nitrogen functional groups attached to an aromatic ring is 1. The maximum absolute atomic E-state index is 5.45. The Balaban J connectivity index is 2.41. The standard InChI is InChI=1S/C8H6BrN3O/c9-7-2-1-6(13-7)8-11-3-5(10)4-12-8/h1-4H,10H2. The molecule has 0 bridgehead atoms. The van der Waals surface area contributed by atoms with Crippen LogP contribution in [-0.4, -0.2) is 9.97 Å². The molecule has 2 heterocycles. The Morgan fingerprint density at radius 1 is 1.23 bits per heavy atom. The lowest BCUT2D eigenvalue weighted by atomic mass is 10.4. The van der Waals surface area contributed by atoms with Gasteiger partial charge < -0.3 is 10.2 Å². The normalized spacial score (nSPS) is 10.2. The zero-order valence-electron chi connectivity index (χ0n) is 6.57. The minimum absolute atomic E-state index is 0.528. The van der Waals surface area contributed by atoms with Gasteiger partial charge in [0, 0.05) is 0 Å². The fourth-order valence-corrected chi connectivity index (χ4v) is 1.21. The molecule has 0 atom stereocenters. The van der Waals surface area contributed by atoms with Crippen LogP contribution in [0.4, 0.5) is 5.69 Å². The van der Waals surface area contributed by atoms with Gasteiger partial charge in [-0.3, -0.25) is 0 Å². The highest BCUT2D eigenvalue weighted by molar-refractivity contribution is 9.10. The summed E-state index contributed by atoms with van der Waals surface area (Å²) in [7, 11) is 0. The van der Waals surface area contributed by atoms with E-state index in [0.29, 0.717) is 21.9 Å². The molecule has 0 saturated carbocycles. The van der Waals surface area contributed by atoms with E-state index in [-0.39, 0.29) is 0 Å². The van der Waals surface area contributed by atoms with E-state index >= 15 is 0 Å². The Hall–Kier alpha value is -1.36. The molecule has 0 aliphatic heterocycles. The summed E-state index contributed by atoms with van der Waals surface area (Å²) in [4.78, 5) is 8.02. The number of anilines is 1. The first-order valence-electron chi connectivity index (χ1n) is 3.59. The first-order valence-corrected chi connectivity index (χ1v) is 4.38. The molecule has 0 saturated heterocycles. The summed E-state index contributed by atoms with van der Waals surface area (Å²) in [6.45, 7) is 0. The Kier molecular flexibility index (Phi) is 2.02. The molecular formula is C8H6BrN3O. The van der Waals surface area contributed by atoms with E-state index in [4.69, 9.17) is 10.2 Å². The lowest BCUT2D eigenvalue weighted by Crippen LogP contribution is -1.90. The molecule has 0 spiro atoms. The van der Waals surface area contributed by atoms with Gasteiger partial charge in [0.1, 0.15) is 0 Å². The van der Waals surface area contributed by atoms with Crippen molar-refractivity contribution < 1.29 is 4.42 Å². The Labute approximate surface area is 82.9 Å². The van der Waals surface area contributed by atoms with Crippen LogP contribution in [0.5, 0.6) is 0 Å². The molecule has 0 radical (unpaired) electrons. The van der Waals surface area contributed by atoms with Crippen molar-refractivity contribution in [3.8, 4) is 11.6 Å². The van der Waals surface area contributed by atoms with E-state index in [0.717, 1.165) is 0 Å². The van der Waals surface area contributed by atoms with Gasteiger partial charge in [0.15, 0.2) is 16.3 Å². The molecule has 0 amide bonds. The summed E-state index contributed by atoms with van der Waals surface area (Å²) < 4.78 is 5.92. The van der Waals surface area contributed by atoms with E-state index in [1.54, 1.807) is 24.5 Å². The number of rotatable bonds is 1. The molecule has 0 unspecified atom stereocenters. The third kappa shape index (κ3) is 1.70. The summed E-state index contributed by atoms with van der Waals surface area (Å²) >= 11 is 3.20. The Bertz CT molecular complexity index is 410. The quantitative estimate of drug-likeness (QED) is 0.828. The van der Waals surface area contributed by atoms with Gasteiger partial charge in [-0.15, -0.1) is 0 Å². The van der Waals surface area contributed by atoms with Crippen LogP contribution in [0.2, 0.25) is 0 Å². The average Bonchev–Trinajstić information content (AvgIpc) is 2.53. The lowest BCUT2D eigenvalue weighted by Gasteiger charge is -1.94. The van der Waals surface area contributed by atoms with Gasteiger partial charge in [0.05, 0.1) is 18.1 Å². The summed E-state index contributed by atoms with van der Waals surface area (Å²) in [5, 5.41) is 0. The lowest BCUT2D eigenvalue weighted by molar-refractivity contribution is 0.551. The monoisotopic (exact) mass is 239 g/mol. The molecular weight excluding hydrogens is 234 g/mol. The summed E-state index contributed by atoms with van der Waals surface area (Å²) in [5.74, 6) is 1.15. The zero-order chi connectivity index (χ0) is 9.26. The van der Waals surface area contributed by atoms with Crippen LogP contribution in [0.3, 0.4) is 0 Å². The van der Waals surface area contributed by atoms with E-state index < -0.39 is 0 Å². The van der Waals surface area contributed by atoms with Gasteiger partial charge in [-0.25, -0.2) is 9.97 Å². The van der Waals surface area contributed by atoms with Gasteiger partial charge in [-0.05, 0) is 28.1 Å². The first kappa shape index (κ1) is 8.25. The number of aromatic nitrogens is 2. The largest absolute Gasteiger partial charge is 0.446 e. The molecule has 2 N–H and O–H groups in total. The fourth-order valence-electron chi connectivity index (χ4n) is 0.900. The van der Waals surface area contributed by atoms with Gasteiger partial charge in [0.25, 0.3) is 0 Å². The predicted molar refractivity (Wildman–Crippen MR) is 51.8 cm³/mol. The molecule has 0 fully saturated rings. The Morgan fingerprint density at radius 3 is 2.46 bits per heavy atom. The number of nitrogens with two attached hydrogens (primary N) is 1. The second kappa shape index (κ2) is 3.18. The van der Waals surface area contributed by atoms with Crippen molar-refractivity contribution in [2.24, 2.45) is 0 Å². The SMILES string of the molecule is Nc1cnc(-c2ccc(Br)o2)nc1. The Morgan fingerprint density at radius 2 is 1.92 bits per heavy atom. The molecule has 0 aliphatic rings. The first-order chi connectivity index (χ1) is 6.25. The van der Waals surface area contributed by atoms with Gasteiger partial charge in [-0.1, -0.05) is 0 Å². The molecule has 2 rings (SSSR count). The fraction of sp³-hybridized carbons (Fsp3) is 0. The highest BCUT2D eigenvalue weighted by Crippen LogP contribution is 2.21. The van der Waals surface area contributed by atoms with E-state index in [2.05, 4.69) is 25.9 Å². The molecule has 13 heavy (non-hydrogen) atoms. The third-order valence-corrected chi connectivity index (χ3v) is 1.89. The predicted octanol–water partition coefficient (Wildman–Crippen LogP) is 2.08. The van der Waals surface area contributed by atoms with Crippen molar-refractivity contribution in [3.05, 3.63) is 29.2 Å². The van der Waals surface area contributed by atoms with Crippen LogP contribution in [0.15, 0.2) is 33.6 Å². The van der Waals surface area contributed by atoms with Crippen LogP contribution in [0.1, 0.15) is 0 Å². The molecule has 2 aromatic rings. The number of furan rings is 1. The van der Waals surface area contributed by atoms with Gasteiger partial charge >= 0.3 is 0 Å². The topological polar surface area (TPSA) is 64.9 Å². The smallest absolute Gasteiger partial charge is 0.195 e. The number of hydrogen-bond acceptors (Lipinski definition) is 4. The summed E-state index contributed by atoms with van der Waals surface area (Å²) in [6, 6.07) is 3.57. The molecule has 0 aliphatic carbocycles. The van der Waals surface area contributed by atoms with Crippen LogP contribution in [0.25, 0.3) is 11.6 Å². The van der Waals surface area contributed by atoms with Crippen LogP contribution < -0.4 is 5.73 Å². The minimum atomic E-state index is 0.528. The molecule has 5 heteroatoms. The van der Waals surface area contributed by atoms with Gasteiger partial charge in [-0.2, -0.15) is 0 Å². The van der Waals surface area contributed by atoms with E-state index in [9.17, 15) is 0 Å². The zero-order valence-corrected chi connectivity index (χ0v) is 8.15. The molecule has 4 nitrogen and oxygen atoms in total. The second-order valence-corrected chi connectivity index (χ2v) is 3.23. The summed E-state index contributed by atoms with van der Waals surface area (Å²) in [5.41, 5.74) is 5.98. The van der Waals surface area contributed by atoms with Crippen molar-refractivity contribution in [1.82, 2.24) is 9.97 Å². The maximum Gasteiger partial charge on any atom is 0.195 e. The van der Waals surface area contributed by atoms with Crippen molar-refractivity contribution >= 4 is 21.6 Å². The number of nitrogens with zero attached hydrogens (tertiary/aromatic N) is 2. The second-order valence-electron chi connectivity index (χ2n) is 2.44.